The van der Waals surface area contributed by atoms with E-state index in [1.54, 1.807) is 0 Å². The zero-order chi connectivity index (χ0) is 48.3. The van der Waals surface area contributed by atoms with Gasteiger partial charge in [-0.05, 0) is 38.5 Å². The van der Waals surface area contributed by atoms with Crippen molar-refractivity contribution in [1.29, 1.82) is 0 Å². The number of aliphatic hydroxyl groups excluding tert-OH is 1. The third kappa shape index (κ3) is 39.3. The summed E-state index contributed by atoms with van der Waals surface area (Å²) in [6.07, 6.45) is 10.2. The van der Waals surface area contributed by atoms with Crippen LogP contribution in [0.1, 0.15) is 122 Å². The highest BCUT2D eigenvalue weighted by molar-refractivity contribution is 5.85. The molecule has 6 amide bonds. The Bertz CT molecular complexity index is 1370. The Hall–Kier alpha value is -4.77. The molecule has 0 heterocycles. The fraction of sp³-hybridized carbons (Fsp3) is 0.791. The number of aliphatic carboxylic acids is 2. The highest BCUT2D eigenvalue weighted by Gasteiger charge is 2.22. The summed E-state index contributed by atoms with van der Waals surface area (Å²) < 4.78 is 21.2. The molecule has 0 bridgehead atoms. The predicted octanol–water partition coefficient (Wildman–Crippen LogP) is 0.258. The van der Waals surface area contributed by atoms with Crippen molar-refractivity contribution in [2.24, 2.45) is 0 Å². The Morgan fingerprint density at radius 1 is 0.492 bits per heavy atom. The van der Waals surface area contributed by atoms with E-state index in [1.807, 2.05) is 6.92 Å². The van der Waals surface area contributed by atoms with E-state index in [4.69, 9.17) is 24.1 Å². The number of nitrogens with one attached hydrogen (secondary N) is 6. The Kier molecular flexibility index (Phi) is 38.8. The van der Waals surface area contributed by atoms with Gasteiger partial charge in [-0.3, -0.25) is 33.6 Å². The number of hydrogen-bond donors (Lipinski definition) is 9. The van der Waals surface area contributed by atoms with Gasteiger partial charge in [-0.15, -0.1) is 0 Å². The summed E-state index contributed by atoms with van der Waals surface area (Å²) in [6.45, 7) is 2.79. The largest absolute Gasteiger partial charge is 0.481 e. The fourth-order valence-corrected chi connectivity index (χ4v) is 5.87. The molecule has 0 aliphatic rings. The van der Waals surface area contributed by atoms with Gasteiger partial charge in [0.1, 0.15) is 25.5 Å². The van der Waals surface area contributed by atoms with Crippen LogP contribution < -0.4 is 31.9 Å². The summed E-state index contributed by atoms with van der Waals surface area (Å²) in [4.78, 5) is 106. The van der Waals surface area contributed by atoms with Crippen molar-refractivity contribution in [3.8, 4) is 0 Å². The molecule has 22 nitrogen and oxygen atoms in total. The van der Waals surface area contributed by atoms with Crippen molar-refractivity contribution in [3.63, 3.8) is 0 Å². The standard InChI is InChI=1S/C43H76N6O16/c1-2-3-20-44-36(52)17-14-34(30-51)48-39(55)19-16-35(43(60)61)49-41(57)32-65-28-26-63-24-22-46-40(56)31-64-27-25-62-23-21-45-37(53)18-15-33(29-50)47-38(54)12-10-8-6-4-5-7-9-11-13-42(58)59/h30,33-35,50H,2-29,31-32H2,1H3,(H,44,52)(H,45,53)(H,46,56)(H,47,54)(H,48,55)(H,49,57)(H,58,59)(H,60,61)/t33-,34-,35?/m0/s1. The van der Waals surface area contributed by atoms with Gasteiger partial charge in [0.25, 0.3) is 0 Å². The van der Waals surface area contributed by atoms with Crippen LogP contribution in [0.5, 0.6) is 0 Å². The molecule has 0 radical (unpaired) electrons. The Balaban J connectivity index is 3.86. The van der Waals surface area contributed by atoms with E-state index in [0.29, 0.717) is 25.7 Å². The maximum atomic E-state index is 12.3. The summed E-state index contributed by atoms with van der Waals surface area (Å²) in [7, 11) is 0. The predicted molar refractivity (Wildman–Crippen MR) is 235 cm³/mol. The molecule has 0 rings (SSSR count). The third-order valence-corrected chi connectivity index (χ3v) is 9.54. The van der Waals surface area contributed by atoms with E-state index in [-0.39, 0.29) is 135 Å². The van der Waals surface area contributed by atoms with E-state index < -0.39 is 48.5 Å². The van der Waals surface area contributed by atoms with Crippen LogP contribution in [0, 0.1) is 0 Å². The van der Waals surface area contributed by atoms with Crippen molar-refractivity contribution < 1.29 is 77.4 Å². The molecule has 3 atom stereocenters. The number of ether oxygens (including phenoxy) is 4. The smallest absolute Gasteiger partial charge is 0.326 e. The topological polar surface area (TPSA) is 323 Å². The highest BCUT2D eigenvalue weighted by atomic mass is 16.5. The van der Waals surface area contributed by atoms with Crippen LogP contribution in [0.25, 0.3) is 0 Å². The first-order valence-electron chi connectivity index (χ1n) is 22.8. The third-order valence-electron chi connectivity index (χ3n) is 9.54. The number of aliphatic hydroxyl groups is 1. The fourth-order valence-electron chi connectivity index (χ4n) is 5.87. The lowest BCUT2D eigenvalue weighted by Crippen LogP contribution is -2.44. The number of unbranched alkanes of at least 4 members (excludes halogenated alkanes) is 8. The summed E-state index contributed by atoms with van der Waals surface area (Å²) in [6, 6.07) is -2.80. The number of carboxylic acids is 2. The average molecular weight is 933 g/mol. The van der Waals surface area contributed by atoms with Gasteiger partial charge in [-0.1, -0.05) is 51.9 Å². The second-order valence-electron chi connectivity index (χ2n) is 15.3. The van der Waals surface area contributed by atoms with Crippen LogP contribution in [0.4, 0.5) is 0 Å². The molecule has 374 valence electrons. The molecule has 65 heavy (non-hydrogen) atoms. The van der Waals surface area contributed by atoms with Crippen LogP contribution in [0.3, 0.4) is 0 Å². The first-order valence-corrected chi connectivity index (χ1v) is 22.8. The van der Waals surface area contributed by atoms with Crippen LogP contribution in [-0.2, 0) is 62.1 Å². The van der Waals surface area contributed by atoms with E-state index in [2.05, 4.69) is 31.9 Å². The van der Waals surface area contributed by atoms with Crippen LogP contribution in [0.2, 0.25) is 0 Å². The molecule has 0 aromatic rings. The van der Waals surface area contributed by atoms with Crippen molar-refractivity contribution in [2.45, 2.75) is 141 Å². The van der Waals surface area contributed by atoms with E-state index in [0.717, 1.165) is 57.8 Å². The SMILES string of the molecule is CCCCNC(=O)CC[C@@H](C=O)NC(=O)CCC(NC(=O)COCCOCCNC(=O)COCCOCCNC(=O)CC[C@@H](CO)NC(=O)CCCCCCCCCCC(=O)O)C(=O)O. The number of hydrogen-bond acceptors (Lipinski definition) is 14. The molecule has 0 spiro atoms. The van der Waals surface area contributed by atoms with E-state index >= 15 is 0 Å². The number of amides is 6. The van der Waals surface area contributed by atoms with Gasteiger partial charge in [0.15, 0.2) is 0 Å². The Labute approximate surface area is 382 Å². The molecule has 0 fully saturated rings. The Morgan fingerprint density at radius 2 is 0.985 bits per heavy atom. The molecule has 0 saturated heterocycles. The molecule has 0 aromatic carbocycles. The summed E-state index contributed by atoms with van der Waals surface area (Å²) in [5.74, 6) is -4.46. The van der Waals surface area contributed by atoms with Crippen LogP contribution in [-0.4, -0.2) is 166 Å². The van der Waals surface area contributed by atoms with Gasteiger partial charge in [0, 0.05) is 51.7 Å². The maximum Gasteiger partial charge on any atom is 0.326 e. The molecule has 0 aliphatic heterocycles. The lowest BCUT2D eigenvalue weighted by atomic mass is 10.1. The van der Waals surface area contributed by atoms with Gasteiger partial charge in [-0.2, -0.15) is 0 Å². The molecule has 1 unspecified atom stereocenters. The minimum absolute atomic E-state index is 0.00637. The quantitative estimate of drug-likeness (QED) is 0.0292. The van der Waals surface area contributed by atoms with Gasteiger partial charge < -0.3 is 71.0 Å². The van der Waals surface area contributed by atoms with Gasteiger partial charge in [0.05, 0.1) is 58.3 Å². The number of rotatable bonds is 45. The minimum atomic E-state index is -1.38. The van der Waals surface area contributed by atoms with Crippen LogP contribution >= 0.6 is 0 Å². The second-order valence-corrected chi connectivity index (χ2v) is 15.3. The molecule has 22 heteroatoms. The van der Waals surface area contributed by atoms with Crippen molar-refractivity contribution in [3.05, 3.63) is 0 Å². The highest BCUT2D eigenvalue weighted by Crippen LogP contribution is 2.11. The van der Waals surface area contributed by atoms with Crippen molar-refractivity contribution >= 4 is 53.7 Å². The van der Waals surface area contributed by atoms with Gasteiger partial charge in [0.2, 0.25) is 35.4 Å². The lowest BCUT2D eigenvalue weighted by Gasteiger charge is -2.16. The summed E-state index contributed by atoms with van der Waals surface area (Å²) in [5.41, 5.74) is 0. The summed E-state index contributed by atoms with van der Waals surface area (Å²) in [5, 5.41) is 43.3. The van der Waals surface area contributed by atoms with E-state index in [1.165, 1.54) is 0 Å². The minimum Gasteiger partial charge on any atom is -0.481 e. The molecule has 0 aromatic heterocycles. The number of carboxylic acid groups (broad SMARTS) is 2. The monoisotopic (exact) mass is 933 g/mol. The molecule has 0 saturated carbocycles. The molecular formula is C43H76N6O16. The zero-order valence-corrected chi connectivity index (χ0v) is 38.2. The van der Waals surface area contributed by atoms with Crippen LogP contribution in [0.15, 0.2) is 0 Å². The maximum absolute atomic E-state index is 12.3. The van der Waals surface area contributed by atoms with Gasteiger partial charge >= 0.3 is 11.9 Å². The van der Waals surface area contributed by atoms with E-state index in [9.17, 15) is 53.4 Å². The second kappa shape index (κ2) is 41.9. The first-order chi connectivity index (χ1) is 31.3. The van der Waals surface area contributed by atoms with Gasteiger partial charge in [-0.25, -0.2) is 4.79 Å². The zero-order valence-electron chi connectivity index (χ0n) is 38.2. The number of carbonyl (C=O) groups is 9. The lowest BCUT2D eigenvalue weighted by molar-refractivity contribution is -0.143. The Morgan fingerprint density at radius 3 is 1.54 bits per heavy atom. The first kappa shape index (κ1) is 60.2. The average Bonchev–Trinajstić information content (AvgIpc) is 3.27. The molecule has 9 N–H and O–H groups in total. The molecular weight excluding hydrogens is 856 g/mol. The summed E-state index contributed by atoms with van der Waals surface area (Å²) >= 11 is 0. The number of aldehydes is 1. The number of carbonyl (C=O) groups excluding carboxylic acids is 7. The molecule has 0 aliphatic carbocycles. The van der Waals surface area contributed by atoms with Crippen molar-refractivity contribution in [2.75, 3.05) is 79.1 Å². The van der Waals surface area contributed by atoms with Crippen molar-refractivity contribution in [1.82, 2.24) is 31.9 Å². The normalized spacial score (nSPS) is 12.3.